The Kier molecular flexibility index (Phi) is 3.92. The van der Waals surface area contributed by atoms with E-state index in [1.807, 2.05) is 0 Å². The first-order valence-electron chi connectivity index (χ1n) is 0.515. The van der Waals surface area contributed by atoms with Crippen molar-refractivity contribution in [3.8, 4) is 0 Å². The maximum absolute atomic E-state index is 8.96. The van der Waals surface area contributed by atoms with E-state index in [9.17, 15) is 0 Å². The Bertz CT molecular complexity index is 46.0. The zero-order valence-electron chi connectivity index (χ0n) is 1.64. The van der Waals surface area contributed by atoms with Crippen LogP contribution in [0, 0.1) is 0 Å². The molecule has 4 heavy (non-hydrogen) atoms. The van der Waals surface area contributed by atoms with Crippen molar-refractivity contribution in [2.24, 2.45) is 0 Å². The molecule has 0 heterocycles. The van der Waals surface area contributed by atoms with Gasteiger partial charge in [-0.15, -0.1) is 0 Å². The van der Waals surface area contributed by atoms with Crippen molar-refractivity contribution < 1.29 is 20.5 Å². The Balaban J connectivity index is 3.11. The van der Waals surface area contributed by atoms with Gasteiger partial charge in [0.25, 0.3) is 0 Å². The van der Waals surface area contributed by atoms with Crippen LogP contribution in [0.15, 0.2) is 0 Å². The fraction of sp³-hybridized carbons (Fsp3) is 0. The summed E-state index contributed by atoms with van der Waals surface area (Å²) in [6, 6.07) is 0. The van der Waals surface area contributed by atoms with Crippen LogP contribution in [0.3, 0.4) is 0 Å². The van der Waals surface area contributed by atoms with Gasteiger partial charge in [0.1, 0.15) is 0 Å². The van der Waals surface area contributed by atoms with E-state index in [1.54, 1.807) is 0 Å². The number of carbonyl (C=O) groups excluding carboxylic acids is 1. The summed E-state index contributed by atoms with van der Waals surface area (Å²) in [4.78, 5) is 8.96. The van der Waals surface area contributed by atoms with E-state index in [4.69, 9.17) is 14.5 Å². The molecule has 0 fully saturated rings. The fourth-order valence-corrected chi connectivity index (χ4v) is 0. The summed E-state index contributed by atoms with van der Waals surface area (Å²) in [5.74, 6) is 0. The second kappa shape index (κ2) is 3.49. The topological polar surface area (TPSA) is 17.1 Å². The molecule has 0 aromatic carbocycles. The Morgan fingerprint density at radius 3 is 2.25 bits per heavy atom. The Hall–Kier alpha value is 0.493. The molecule has 0 amide bonds. The van der Waals surface area contributed by atoms with E-state index in [0.717, 1.165) is 0 Å². The van der Waals surface area contributed by atoms with Crippen molar-refractivity contribution in [2.45, 2.75) is 0 Å². The molecule has 0 atom stereocenters. The molecule has 0 aromatic rings. The maximum atomic E-state index is 8.96. The Morgan fingerprint density at radius 2 is 2.25 bits per heavy atom. The summed E-state index contributed by atoms with van der Waals surface area (Å²) in [5, 5.41) is 0. The van der Waals surface area contributed by atoms with Gasteiger partial charge in [-0.1, -0.05) is 0 Å². The molecule has 1 nitrogen and oxygen atoms in total. The van der Waals surface area contributed by atoms with E-state index in [-0.39, 0.29) is 0 Å². The first-order valence-corrected chi connectivity index (χ1v) is 3.62. The molecule has 3 heteroatoms. The molecule has 0 spiro atoms. The van der Waals surface area contributed by atoms with Gasteiger partial charge in [0, 0.05) is 0 Å². The summed E-state index contributed by atoms with van der Waals surface area (Å²) in [5.41, 5.74) is 0. The van der Waals surface area contributed by atoms with Crippen LogP contribution in [0.25, 0.3) is 0 Å². The molecule has 0 aromatic heterocycles. The van der Waals surface area contributed by atoms with E-state index < -0.39 is 15.7 Å². The van der Waals surface area contributed by atoms with Crippen LogP contribution < -0.4 is 0 Å². The summed E-state index contributed by atoms with van der Waals surface area (Å²) >= 11 is -0.594. The van der Waals surface area contributed by atoms with Crippen LogP contribution in [0.5, 0.6) is 0 Å². The number of rotatable bonds is 0. The second-order valence-electron chi connectivity index (χ2n) is 0.139. The van der Waals surface area contributed by atoms with E-state index in [0.29, 0.717) is 0 Å². The van der Waals surface area contributed by atoms with E-state index in [2.05, 4.69) is 0 Å². The summed E-state index contributed by atoms with van der Waals surface area (Å²) in [6.07, 6.45) is 0. The van der Waals surface area contributed by atoms with Gasteiger partial charge in [-0.05, 0) is 0 Å². The van der Waals surface area contributed by atoms with Gasteiger partial charge in [-0.3, -0.25) is 0 Å². The molecule has 0 aliphatic heterocycles. The van der Waals surface area contributed by atoms with Crippen LogP contribution in [-0.4, -0.2) is 4.47 Å². The fourth-order valence-electron chi connectivity index (χ4n) is 0. The van der Waals surface area contributed by atoms with Crippen molar-refractivity contribution in [3.05, 3.63) is 0 Å². The Labute approximate surface area is 35.1 Å². The van der Waals surface area contributed by atoms with E-state index >= 15 is 0 Å². The zero-order valence-corrected chi connectivity index (χ0v) is 4.13. The molecular weight excluding hydrogens is 165 g/mol. The van der Waals surface area contributed by atoms with Crippen LogP contribution >= 0.6 is 9.69 Å². The van der Waals surface area contributed by atoms with Crippen molar-refractivity contribution in [1.29, 1.82) is 0 Å². The van der Waals surface area contributed by atoms with Gasteiger partial charge in [0.15, 0.2) is 0 Å². The average Bonchev–Trinajstić information content (AvgIpc) is 1.37. The summed E-state index contributed by atoms with van der Waals surface area (Å²) in [7, 11) is 4.85. The van der Waals surface area contributed by atoms with Crippen LogP contribution in [0.1, 0.15) is 0 Å². The average molecular weight is 165 g/mol. The molecule has 0 saturated carbocycles. The molecule has 0 radical (unpaired) electrons. The molecular formula is CClORu. The summed E-state index contributed by atoms with van der Waals surface area (Å²) < 4.78 is 1.54. The van der Waals surface area contributed by atoms with Crippen LogP contribution in [0.4, 0.5) is 0 Å². The number of hydrogen-bond donors (Lipinski definition) is 0. The molecule has 25 valence electrons. The van der Waals surface area contributed by atoms with Gasteiger partial charge >= 0.3 is 34.6 Å². The van der Waals surface area contributed by atoms with E-state index in [1.165, 1.54) is 4.47 Å². The third-order valence-electron chi connectivity index (χ3n) is 0.0273. The van der Waals surface area contributed by atoms with Crippen LogP contribution in [0.2, 0.25) is 0 Å². The quantitative estimate of drug-likeness (QED) is 0.471. The first-order chi connectivity index (χ1) is 1.91. The van der Waals surface area contributed by atoms with Crippen molar-refractivity contribution in [3.63, 3.8) is 0 Å². The predicted molar refractivity (Wildman–Crippen MR) is 11.5 cm³/mol. The monoisotopic (exact) mass is 165 g/mol. The zero-order chi connectivity index (χ0) is 3.41. The molecule has 0 N–H and O–H groups in total. The molecule has 0 rings (SSSR count). The predicted octanol–water partition coefficient (Wildman–Crippen LogP) is 0.290. The molecule has 0 aliphatic carbocycles. The van der Waals surface area contributed by atoms with Gasteiger partial charge in [-0.25, -0.2) is 0 Å². The minimum atomic E-state index is -0.594. The number of halogens is 1. The van der Waals surface area contributed by atoms with Gasteiger partial charge < -0.3 is 0 Å². The van der Waals surface area contributed by atoms with Crippen molar-refractivity contribution >= 4 is 14.2 Å². The van der Waals surface area contributed by atoms with Crippen molar-refractivity contribution in [1.82, 2.24) is 0 Å². The van der Waals surface area contributed by atoms with Crippen molar-refractivity contribution in [2.75, 3.05) is 0 Å². The Morgan fingerprint density at radius 1 is 2.00 bits per heavy atom. The first kappa shape index (κ1) is 4.49. The molecule has 0 aliphatic rings. The molecule has 0 unspecified atom stereocenters. The third-order valence-corrected chi connectivity index (χ3v) is 0.484. The van der Waals surface area contributed by atoms with Crippen LogP contribution in [-0.2, 0) is 20.5 Å². The number of hydrogen-bond acceptors (Lipinski definition) is 1. The van der Waals surface area contributed by atoms with Gasteiger partial charge in [0.2, 0.25) is 0 Å². The molecule has 0 saturated heterocycles. The molecule has 0 bridgehead atoms. The van der Waals surface area contributed by atoms with Gasteiger partial charge in [0.05, 0.1) is 0 Å². The third kappa shape index (κ3) is 2.49. The van der Waals surface area contributed by atoms with Gasteiger partial charge in [-0.2, -0.15) is 0 Å². The standard InChI is InChI=1S/CO.ClH.Ru/c1-2;;/h;1H;/q;;+1/p-1. The SMILES string of the molecule is O=[C]=[Ru][Cl]. The normalized spacial score (nSPS) is 5.25. The second-order valence-corrected chi connectivity index (χ2v) is 1.61. The summed E-state index contributed by atoms with van der Waals surface area (Å²) in [6.45, 7) is 0. The minimum absolute atomic E-state index is 0.594.